The number of fused-ring (bicyclic) bond motifs is 3. The zero-order valence-corrected chi connectivity index (χ0v) is 25.5. The fraction of sp³-hybridized carbons (Fsp3) is 0.0811. The number of ether oxygens (including phenoxy) is 1. The maximum absolute atomic E-state index is 13.8. The first-order valence-corrected chi connectivity index (χ1v) is 16.2. The summed E-state index contributed by atoms with van der Waals surface area (Å²) < 4.78 is 77.6. The summed E-state index contributed by atoms with van der Waals surface area (Å²) in [5.41, 5.74) is -1.51. The van der Waals surface area contributed by atoms with Crippen molar-refractivity contribution in [3.63, 3.8) is 0 Å². The first-order chi connectivity index (χ1) is 22.7. The lowest BCUT2D eigenvalue weighted by molar-refractivity contribution is -0.0499. The van der Waals surface area contributed by atoms with Gasteiger partial charge in [-0.1, -0.05) is 78.9 Å². The fourth-order valence-corrected chi connectivity index (χ4v) is 6.31. The van der Waals surface area contributed by atoms with Crippen LogP contribution in [0.4, 0.5) is 41.6 Å². The van der Waals surface area contributed by atoms with Crippen molar-refractivity contribution in [1.29, 1.82) is 0 Å². The number of para-hydroxylation sites is 4. The van der Waals surface area contributed by atoms with Gasteiger partial charge in [-0.2, -0.15) is 21.6 Å². The van der Waals surface area contributed by atoms with E-state index in [1.54, 1.807) is 65.6 Å². The van der Waals surface area contributed by atoms with Crippen LogP contribution in [0, 0.1) is 0 Å². The van der Waals surface area contributed by atoms with Gasteiger partial charge >= 0.3 is 15.6 Å². The zero-order valence-electron chi connectivity index (χ0n) is 24.7. The molecule has 236 valence electrons. The maximum atomic E-state index is 13.8. The Bertz CT molecular complexity index is 2050. The Morgan fingerprint density at radius 2 is 1.23 bits per heavy atom. The Morgan fingerprint density at radius 1 is 0.681 bits per heavy atom. The van der Waals surface area contributed by atoms with Crippen molar-refractivity contribution in [1.82, 2.24) is 0 Å². The molecule has 47 heavy (non-hydrogen) atoms. The molecule has 0 bridgehead atoms. The molecule has 0 radical (unpaired) electrons. The number of benzene rings is 5. The van der Waals surface area contributed by atoms with Crippen molar-refractivity contribution in [2.75, 3.05) is 9.80 Å². The molecular weight excluding hydrogens is 625 g/mol. The summed E-state index contributed by atoms with van der Waals surface area (Å²) in [6, 6.07) is 39.5. The minimum Gasteiger partial charge on any atom is -0.461 e. The summed E-state index contributed by atoms with van der Waals surface area (Å²) in [6.07, 6.45) is 4.57. The van der Waals surface area contributed by atoms with Gasteiger partial charge in [0.1, 0.15) is 11.5 Å². The van der Waals surface area contributed by atoms with Gasteiger partial charge in [0.15, 0.2) is 5.75 Å². The highest BCUT2D eigenvalue weighted by Gasteiger charge is 2.49. The van der Waals surface area contributed by atoms with Crippen LogP contribution in [0.5, 0.6) is 11.5 Å². The molecule has 2 aliphatic rings. The highest BCUT2D eigenvalue weighted by Crippen LogP contribution is 2.48. The Labute approximate surface area is 270 Å². The lowest BCUT2D eigenvalue weighted by atomic mass is 9.91. The molecule has 1 aliphatic heterocycles. The van der Waals surface area contributed by atoms with E-state index in [0.717, 1.165) is 17.1 Å². The molecule has 0 fully saturated rings. The summed E-state index contributed by atoms with van der Waals surface area (Å²) >= 11 is 0. The molecule has 5 aromatic carbocycles. The molecule has 0 saturated carbocycles. The molecule has 0 N–H and O–H groups in total. The predicted molar refractivity (Wildman–Crippen MR) is 176 cm³/mol. The van der Waals surface area contributed by atoms with Crippen molar-refractivity contribution in [2.45, 2.75) is 17.8 Å². The third kappa shape index (κ3) is 5.83. The average Bonchev–Trinajstić information content (AvgIpc) is 3.45. The molecule has 1 unspecified atom stereocenters. The van der Waals surface area contributed by atoms with Gasteiger partial charge in [-0.05, 0) is 61.0 Å². The van der Waals surface area contributed by atoms with E-state index in [1.807, 2.05) is 83.8 Å². The molecule has 0 amide bonds. The van der Waals surface area contributed by atoms with Crippen LogP contribution in [0.25, 0.3) is 0 Å². The summed E-state index contributed by atoms with van der Waals surface area (Å²) in [6.45, 7) is 0. The Kier molecular flexibility index (Phi) is 7.73. The van der Waals surface area contributed by atoms with Gasteiger partial charge < -0.3 is 18.7 Å². The minimum absolute atomic E-state index is 0.0380. The van der Waals surface area contributed by atoms with Crippen LogP contribution in [0.15, 0.2) is 157 Å². The number of hydrogen-bond acceptors (Lipinski definition) is 6. The predicted octanol–water partition coefficient (Wildman–Crippen LogP) is 9.87. The van der Waals surface area contributed by atoms with Gasteiger partial charge in [0, 0.05) is 46.4 Å². The number of halogens is 3. The number of allylic oxidation sites excluding steroid dienone is 3. The van der Waals surface area contributed by atoms with Crippen LogP contribution >= 0.6 is 0 Å². The van der Waals surface area contributed by atoms with Gasteiger partial charge in [-0.15, -0.1) is 0 Å². The van der Waals surface area contributed by atoms with Crippen LogP contribution in [-0.4, -0.2) is 13.9 Å². The molecule has 0 spiro atoms. The first-order valence-electron chi connectivity index (χ1n) is 14.8. The molecule has 5 aromatic rings. The van der Waals surface area contributed by atoms with Gasteiger partial charge in [-0.25, -0.2) is 0 Å². The molecule has 6 nitrogen and oxygen atoms in total. The first kappa shape index (κ1) is 30.2. The normalized spacial score (nSPS) is 15.4. The van der Waals surface area contributed by atoms with Gasteiger partial charge in [0.05, 0.1) is 11.4 Å². The van der Waals surface area contributed by atoms with Crippen molar-refractivity contribution in [2.24, 2.45) is 0 Å². The smallest absolute Gasteiger partial charge is 0.461 e. The molecular formula is C37H27F3N2O4S. The second-order valence-electron chi connectivity index (χ2n) is 10.9. The van der Waals surface area contributed by atoms with E-state index in [9.17, 15) is 21.6 Å². The van der Waals surface area contributed by atoms with E-state index in [1.165, 1.54) is 6.07 Å². The second kappa shape index (κ2) is 12.0. The standard InChI is InChI=1S/C37H27F3N2O4S/c38-37(39,40)47(43,44)46-36-25-30(21-23-33(36)42(27-14-6-2-7-15-27)28-16-8-3-9-17-28)41(26-12-4-1-5-13-26)29-20-22-32-31-18-10-11-19-34(31)45-35(32)24-29/h1-21,23-25,32H,22H2. The van der Waals surface area contributed by atoms with Gasteiger partial charge in [-0.3, -0.25) is 0 Å². The summed E-state index contributed by atoms with van der Waals surface area (Å²) in [7, 11) is -6.04. The van der Waals surface area contributed by atoms with Crippen molar-refractivity contribution in [3.8, 4) is 11.5 Å². The van der Waals surface area contributed by atoms with Crippen molar-refractivity contribution in [3.05, 3.63) is 163 Å². The molecule has 1 aliphatic carbocycles. The Balaban J connectivity index is 1.39. The zero-order chi connectivity index (χ0) is 32.6. The second-order valence-corrected chi connectivity index (χ2v) is 12.5. The largest absolute Gasteiger partial charge is 0.534 e. The SMILES string of the molecule is O=S(=O)(Oc1cc(N(C2=CCC3C(=C2)Oc2ccccc23)c2ccccc2)ccc1N(c1ccccc1)c1ccccc1)C(F)(F)F. The number of anilines is 5. The van der Waals surface area contributed by atoms with Crippen LogP contribution in [0.2, 0.25) is 0 Å². The molecule has 1 atom stereocenters. The van der Waals surface area contributed by atoms with E-state index in [4.69, 9.17) is 8.92 Å². The lowest BCUT2D eigenvalue weighted by Gasteiger charge is -2.31. The van der Waals surface area contributed by atoms with Crippen molar-refractivity contribution < 1.29 is 30.5 Å². The molecule has 0 aromatic heterocycles. The maximum Gasteiger partial charge on any atom is 0.534 e. The quantitative estimate of drug-likeness (QED) is 0.123. The fourth-order valence-electron chi connectivity index (χ4n) is 5.85. The average molecular weight is 653 g/mol. The third-order valence-electron chi connectivity index (χ3n) is 7.95. The lowest BCUT2D eigenvalue weighted by Crippen LogP contribution is -2.28. The van der Waals surface area contributed by atoms with Crippen LogP contribution in [-0.2, 0) is 10.1 Å². The molecule has 10 heteroatoms. The Hall–Kier alpha value is -5.48. The number of rotatable bonds is 8. The third-order valence-corrected chi connectivity index (χ3v) is 8.91. The highest BCUT2D eigenvalue weighted by atomic mass is 32.2. The van der Waals surface area contributed by atoms with Gasteiger partial charge in [0.25, 0.3) is 0 Å². The molecule has 1 heterocycles. The molecule has 0 saturated heterocycles. The summed E-state index contributed by atoms with van der Waals surface area (Å²) in [4.78, 5) is 3.48. The van der Waals surface area contributed by atoms with Crippen LogP contribution < -0.4 is 18.7 Å². The minimum atomic E-state index is -6.04. The summed E-state index contributed by atoms with van der Waals surface area (Å²) in [5.74, 6) is 1.07. The summed E-state index contributed by atoms with van der Waals surface area (Å²) in [5, 5.41) is 0. The van der Waals surface area contributed by atoms with Crippen LogP contribution in [0.3, 0.4) is 0 Å². The van der Waals surface area contributed by atoms with Gasteiger partial charge in [0.2, 0.25) is 0 Å². The van der Waals surface area contributed by atoms with E-state index in [0.29, 0.717) is 34.9 Å². The van der Waals surface area contributed by atoms with E-state index in [2.05, 4.69) is 0 Å². The van der Waals surface area contributed by atoms with Crippen LogP contribution in [0.1, 0.15) is 17.9 Å². The highest BCUT2D eigenvalue weighted by molar-refractivity contribution is 7.88. The Morgan fingerprint density at radius 3 is 1.83 bits per heavy atom. The van der Waals surface area contributed by atoms with E-state index >= 15 is 0 Å². The monoisotopic (exact) mass is 652 g/mol. The molecule has 7 rings (SSSR count). The number of nitrogens with zero attached hydrogens (tertiary/aromatic N) is 2. The van der Waals surface area contributed by atoms with E-state index in [-0.39, 0.29) is 11.6 Å². The van der Waals surface area contributed by atoms with Crippen molar-refractivity contribution >= 4 is 38.6 Å². The van der Waals surface area contributed by atoms with E-state index < -0.39 is 21.4 Å². The number of hydrogen-bond donors (Lipinski definition) is 0. The number of alkyl halides is 3. The topological polar surface area (TPSA) is 59.1 Å².